The smallest absolute Gasteiger partial charge is 0.0465 e. The van der Waals surface area contributed by atoms with E-state index in [4.69, 9.17) is 23.2 Å². The quantitative estimate of drug-likeness (QED) is 0.867. The first kappa shape index (κ1) is 14.4. The molecule has 0 fully saturated rings. The third-order valence-electron chi connectivity index (χ3n) is 3.15. The molecule has 1 unspecified atom stereocenters. The molecule has 2 aromatic rings. The minimum atomic E-state index is 0.147. The Morgan fingerprint density at radius 1 is 0.947 bits per heavy atom. The average molecular weight is 295 g/mol. The van der Waals surface area contributed by atoms with Crippen LogP contribution in [0.1, 0.15) is 11.1 Å². The van der Waals surface area contributed by atoms with Crippen molar-refractivity contribution in [3.63, 3.8) is 0 Å². The van der Waals surface area contributed by atoms with E-state index in [2.05, 4.69) is 12.1 Å². The van der Waals surface area contributed by atoms with Gasteiger partial charge in [0, 0.05) is 16.7 Å². The van der Waals surface area contributed by atoms with E-state index in [9.17, 15) is 5.11 Å². The second-order valence-corrected chi connectivity index (χ2v) is 5.52. The Hall–Kier alpha value is -1.02. The molecule has 3 heteroatoms. The van der Waals surface area contributed by atoms with Gasteiger partial charge in [0.1, 0.15) is 0 Å². The molecule has 0 radical (unpaired) electrons. The highest BCUT2D eigenvalue weighted by Crippen LogP contribution is 2.24. The fourth-order valence-corrected chi connectivity index (χ4v) is 2.63. The van der Waals surface area contributed by atoms with Gasteiger partial charge in [0.05, 0.1) is 0 Å². The largest absolute Gasteiger partial charge is 0.396 e. The van der Waals surface area contributed by atoms with Crippen LogP contribution in [0.3, 0.4) is 0 Å². The zero-order valence-electron chi connectivity index (χ0n) is 10.5. The summed E-state index contributed by atoms with van der Waals surface area (Å²) in [5.74, 6) is 0.168. The zero-order chi connectivity index (χ0) is 13.7. The summed E-state index contributed by atoms with van der Waals surface area (Å²) in [6.07, 6.45) is 1.59. The Kier molecular flexibility index (Phi) is 5.26. The molecule has 0 aliphatic heterocycles. The topological polar surface area (TPSA) is 20.2 Å². The van der Waals surface area contributed by atoms with Crippen LogP contribution < -0.4 is 0 Å². The van der Waals surface area contributed by atoms with Gasteiger partial charge in [-0.1, -0.05) is 59.6 Å². The second-order valence-electron chi connectivity index (χ2n) is 4.68. The highest BCUT2D eigenvalue weighted by molar-refractivity contribution is 6.35. The lowest BCUT2D eigenvalue weighted by molar-refractivity contribution is 0.225. The van der Waals surface area contributed by atoms with E-state index in [1.165, 1.54) is 5.56 Å². The molecule has 100 valence electrons. The Morgan fingerprint density at radius 3 is 2.32 bits per heavy atom. The summed E-state index contributed by atoms with van der Waals surface area (Å²) in [7, 11) is 0. The fraction of sp³-hybridized carbons (Fsp3) is 0.250. The average Bonchev–Trinajstić information content (AvgIpc) is 2.42. The Bertz CT molecular complexity index is 526. The summed E-state index contributed by atoms with van der Waals surface area (Å²) in [6.45, 7) is 0.147. The minimum absolute atomic E-state index is 0.147. The predicted octanol–water partition coefficient (Wildman–Crippen LogP) is 4.39. The first-order chi connectivity index (χ1) is 9.19. The van der Waals surface area contributed by atoms with Crippen LogP contribution in [0.2, 0.25) is 10.0 Å². The number of aliphatic hydroxyl groups is 1. The lowest BCUT2D eigenvalue weighted by atomic mass is 9.93. The molecule has 0 aliphatic rings. The van der Waals surface area contributed by atoms with Gasteiger partial charge in [0.25, 0.3) is 0 Å². The summed E-state index contributed by atoms with van der Waals surface area (Å²) in [5.41, 5.74) is 2.26. The second kappa shape index (κ2) is 6.95. The third-order valence-corrected chi connectivity index (χ3v) is 3.74. The maximum absolute atomic E-state index is 9.52. The normalized spacial score (nSPS) is 12.4. The summed E-state index contributed by atoms with van der Waals surface area (Å²) < 4.78 is 0. The Labute approximate surface area is 123 Å². The molecule has 0 heterocycles. The van der Waals surface area contributed by atoms with E-state index >= 15 is 0 Å². The first-order valence-electron chi connectivity index (χ1n) is 6.27. The van der Waals surface area contributed by atoms with E-state index < -0.39 is 0 Å². The minimum Gasteiger partial charge on any atom is -0.396 e. The van der Waals surface area contributed by atoms with E-state index in [0.29, 0.717) is 10.0 Å². The van der Waals surface area contributed by atoms with E-state index in [0.717, 1.165) is 18.4 Å². The molecular weight excluding hydrogens is 279 g/mol. The number of benzene rings is 2. The van der Waals surface area contributed by atoms with Crippen LogP contribution in [-0.4, -0.2) is 11.7 Å². The monoisotopic (exact) mass is 294 g/mol. The van der Waals surface area contributed by atoms with Crippen LogP contribution in [0.5, 0.6) is 0 Å². The molecule has 0 saturated heterocycles. The van der Waals surface area contributed by atoms with Gasteiger partial charge in [-0.25, -0.2) is 0 Å². The van der Waals surface area contributed by atoms with Crippen molar-refractivity contribution in [1.29, 1.82) is 0 Å². The van der Waals surface area contributed by atoms with Gasteiger partial charge in [0.15, 0.2) is 0 Å². The molecule has 0 saturated carbocycles. The van der Waals surface area contributed by atoms with Crippen molar-refractivity contribution in [1.82, 2.24) is 0 Å². The molecule has 2 aromatic carbocycles. The molecule has 0 aliphatic carbocycles. The molecule has 19 heavy (non-hydrogen) atoms. The van der Waals surface area contributed by atoms with E-state index in [1.54, 1.807) is 6.07 Å². The van der Waals surface area contributed by atoms with Crippen LogP contribution in [0, 0.1) is 5.92 Å². The lowest BCUT2D eigenvalue weighted by Gasteiger charge is -2.15. The number of aliphatic hydroxyl groups excluding tert-OH is 1. The highest BCUT2D eigenvalue weighted by atomic mass is 35.5. The molecule has 0 bridgehead atoms. The molecule has 0 aromatic heterocycles. The maximum atomic E-state index is 9.52. The summed E-state index contributed by atoms with van der Waals surface area (Å²) >= 11 is 12.1. The van der Waals surface area contributed by atoms with Crippen LogP contribution in [0.15, 0.2) is 48.5 Å². The van der Waals surface area contributed by atoms with Crippen LogP contribution in [-0.2, 0) is 12.8 Å². The van der Waals surface area contributed by atoms with Crippen molar-refractivity contribution in [2.24, 2.45) is 5.92 Å². The number of hydrogen-bond donors (Lipinski definition) is 1. The van der Waals surface area contributed by atoms with Gasteiger partial charge in [-0.2, -0.15) is 0 Å². The molecule has 0 spiro atoms. The molecule has 1 atom stereocenters. The molecule has 1 N–H and O–H groups in total. The standard InChI is InChI=1S/C16H16Cl2O/c17-15-7-6-14(16(18)10-15)9-13(11-19)8-12-4-2-1-3-5-12/h1-7,10,13,19H,8-9,11H2. The SMILES string of the molecule is OCC(Cc1ccccc1)Cc1ccc(Cl)cc1Cl. The highest BCUT2D eigenvalue weighted by Gasteiger charge is 2.12. The molecule has 1 nitrogen and oxygen atoms in total. The predicted molar refractivity (Wildman–Crippen MR) is 80.9 cm³/mol. The molecule has 2 rings (SSSR count). The van der Waals surface area contributed by atoms with Crippen molar-refractivity contribution >= 4 is 23.2 Å². The third kappa shape index (κ3) is 4.24. The number of rotatable bonds is 5. The number of hydrogen-bond acceptors (Lipinski definition) is 1. The van der Waals surface area contributed by atoms with Crippen LogP contribution >= 0.6 is 23.2 Å². The van der Waals surface area contributed by atoms with Crippen molar-refractivity contribution in [2.45, 2.75) is 12.8 Å². The lowest BCUT2D eigenvalue weighted by Crippen LogP contribution is -2.13. The molecule has 0 amide bonds. The van der Waals surface area contributed by atoms with Gasteiger partial charge in [-0.05, 0) is 42.0 Å². The van der Waals surface area contributed by atoms with Gasteiger partial charge in [0.2, 0.25) is 0 Å². The van der Waals surface area contributed by atoms with Gasteiger partial charge in [-0.3, -0.25) is 0 Å². The van der Waals surface area contributed by atoms with E-state index in [-0.39, 0.29) is 12.5 Å². The Balaban J connectivity index is 2.06. The zero-order valence-corrected chi connectivity index (χ0v) is 12.0. The Morgan fingerprint density at radius 2 is 1.68 bits per heavy atom. The van der Waals surface area contributed by atoms with Crippen molar-refractivity contribution in [2.75, 3.05) is 6.61 Å². The van der Waals surface area contributed by atoms with E-state index in [1.807, 2.05) is 30.3 Å². The first-order valence-corrected chi connectivity index (χ1v) is 7.03. The number of halogens is 2. The van der Waals surface area contributed by atoms with Crippen molar-refractivity contribution in [3.05, 3.63) is 69.7 Å². The van der Waals surface area contributed by atoms with Crippen molar-refractivity contribution in [3.8, 4) is 0 Å². The van der Waals surface area contributed by atoms with Crippen LogP contribution in [0.25, 0.3) is 0 Å². The summed E-state index contributed by atoms with van der Waals surface area (Å²) in [5, 5.41) is 10.8. The summed E-state index contributed by atoms with van der Waals surface area (Å²) in [6, 6.07) is 15.7. The van der Waals surface area contributed by atoms with Gasteiger partial charge in [-0.15, -0.1) is 0 Å². The van der Waals surface area contributed by atoms with Crippen LogP contribution in [0.4, 0.5) is 0 Å². The van der Waals surface area contributed by atoms with Crippen molar-refractivity contribution < 1.29 is 5.11 Å². The summed E-state index contributed by atoms with van der Waals surface area (Å²) in [4.78, 5) is 0. The maximum Gasteiger partial charge on any atom is 0.0465 e. The van der Waals surface area contributed by atoms with Gasteiger partial charge < -0.3 is 5.11 Å². The van der Waals surface area contributed by atoms with Gasteiger partial charge >= 0.3 is 0 Å². The fourth-order valence-electron chi connectivity index (χ4n) is 2.15. The molecular formula is C16H16Cl2O.